The number of benzene rings is 1. The van der Waals surface area contributed by atoms with Crippen LogP contribution in [0.25, 0.3) is 0 Å². The molecule has 1 atom stereocenters. The van der Waals surface area contributed by atoms with Crippen LogP contribution in [-0.2, 0) is 22.6 Å². The van der Waals surface area contributed by atoms with Crippen molar-refractivity contribution in [3.8, 4) is 0 Å². The highest BCUT2D eigenvalue weighted by molar-refractivity contribution is 7.07. The first-order valence-corrected chi connectivity index (χ1v) is 8.74. The third-order valence-electron chi connectivity index (χ3n) is 3.49. The van der Waals surface area contributed by atoms with Crippen LogP contribution in [0.4, 0.5) is 0 Å². The predicted octanol–water partition coefficient (Wildman–Crippen LogP) is 2.77. The summed E-state index contributed by atoms with van der Waals surface area (Å²) in [6, 6.07) is 12.1. The summed E-state index contributed by atoms with van der Waals surface area (Å²) < 4.78 is 10.8. The number of ether oxygens (including phenoxy) is 2. The third-order valence-corrected chi connectivity index (χ3v) is 4.22. The quantitative estimate of drug-likeness (QED) is 0.686. The van der Waals surface area contributed by atoms with Crippen molar-refractivity contribution in [3.05, 3.63) is 58.3 Å². The molecule has 0 aliphatic carbocycles. The maximum atomic E-state index is 10.2. The molecule has 1 heterocycles. The molecule has 4 nitrogen and oxygen atoms in total. The van der Waals surface area contributed by atoms with E-state index >= 15 is 0 Å². The van der Waals surface area contributed by atoms with Gasteiger partial charge in [-0.2, -0.15) is 11.3 Å². The van der Waals surface area contributed by atoms with Crippen molar-refractivity contribution in [2.45, 2.75) is 19.3 Å². The molecule has 5 heteroatoms. The average Bonchev–Trinajstić information content (AvgIpc) is 3.06. The van der Waals surface area contributed by atoms with Crippen molar-refractivity contribution < 1.29 is 14.6 Å². The maximum absolute atomic E-state index is 10.2. The second kappa shape index (κ2) is 10.5. The van der Waals surface area contributed by atoms with Gasteiger partial charge in [0.1, 0.15) is 0 Å². The molecule has 1 N–H and O–H groups in total. The highest BCUT2D eigenvalue weighted by Crippen LogP contribution is 2.10. The summed E-state index contributed by atoms with van der Waals surface area (Å²) in [5.74, 6) is 0. The molecule has 2 rings (SSSR count). The summed E-state index contributed by atoms with van der Waals surface area (Å²) in [6.45, 7) is 3.71. The molecule has 1 aromatic carbocycles. The highest BCUT2D eigenvalue weighted by Gasteiger charge is 2.13. The second-order valence-corrected chi connectivity index (χ2v) is 6.29. The molecule has 0 amide bonds. The maximum Gasteiger partial charge on any atom is 0.0900 e. The number of hydrogen-bond donors (Lipinski definition) is 1. The Bertz CT molecular complexity index is 518. The Morgan fingerprint density at radius 2 is 2.00 bits per heavy atom. The summed E-state index contributed by atoms with van der Waals surface area (Å²) in [6.07, 6.45) is -0.505. The molecule has 0 spiro atoms. The number of hydrogen-bond acceptors (Lipinski definition) is 5. The SMILES string of the molecule is COCCN(Cc1ccsc1)CC(O)COCc1ccccc1. The van der Waals surface area contributed by atoms with Gasteiger partial charge in [0, 0.05) is 26.7 Å². The van der Waals surface area contributed by atoms with Crippen molar-refractivity contribution in [1.29, 1.82) is 0 Å². The third kappa shape index (κ3) is 7.24. The summed E-state index contributed by atoms with van der Waals surface area (Å²) in [5.41, 5.74) is 2.39. The zero-order valence-electron chi connectivity index (χ0n) is 13.6. The van der Waals surface area contributed by atoms with Gasteiger partial charge in [0.25, 0.3) is 0 Å². The Balaban J connectivity index is 1.73. The monoisotopic (exact) mass is 335 g/mol. The molecule has 0 aliphatic rings. The van der Waals surface area contributed by atoms with Gasteiger partial charge in [0.05, 0.1) is 25.9 Å². The second-order valence-electron chi connectivity index (χ2n) is 5.51. The fourth-order valence-electron chi connectivity index (χ4n) is 2.33. The Morgan fingerprint density at radius 3 is 2.70 bits per heavy atom. The molecular formula is C18H25NO3S. The number of methoxy groups -OCH3 is 1. The van der Waals surface area contributed by atoms with Crippen molar-refractivity contribution in [2.24, 2.45) is 0 Å². The van der Waals surface area contributed by atoms with Crippen molar-refractivity contribution in [1.82, 2.24) is 4.90 Å². The molecular weight excluding hydrogens is 310 g/mol. The van der Waals surface area contributed by atoms with Crippen LogP contribution in [0.2, 0.25) is 0 Å². The van der Waals surface area contributed by atoms with Crippen molar-refractivity contribution >= 4 is 11.3 Å². The Morgan fingerprint density at radius 1 is 1.17 bits per heavy atom. The van der Waals surface area contributed by atoms with Crippen LogP contribution in [0.3, 0.4) is 0 Å². The zero-order chi connectivity index (χ0) is 16.3. The first-order valence-electron chi connectivity index (χ1n) is 7.80. The minimum absolute atomic E-state index is 0.335. The smallest absolute Gasteiger partial charge is 0.0900 e. The molecule has 0 aliphatic heterocycles. The molecule has 0 bridgehead atoms. The van der Waals surface area contributed by atoms with E-state index in [-0.39, 0.29) is 0 Å². The lowest BCUT2D eigenvalue weighted by Gasteiger charge is -2.24. The molecule has 1 unspecified atom stereocenters. The minimum Gasteiger partial charge on any atom is -0.389 e. The molecule has 23 heavy (non-hydrogen) atoms. The van der Waals surface area contributed by atoms with E-state index in [1.165, 1.54) is 5.56 Å². The van der Waals surface area contributed by atoms with E-state index in [1.807, 2.05) is 30.3 Å². The fraction of sp³-hybridized carbons (Fsp3) is 0.444. The molecule has 0 fully saturated rings. The van der Waals surface area contributed by atoms with E-state index in [0.29, 0.717) is 26.4 Å². The largest absolute Gasteiger partial charge is 0.389 e. The van der Waals surface area contributed by atoms with Crippen LogP contribution in [0, 0.1) is 0 Å². The van der Waals surface area contributed by atoms with Gasteiger partial charge in [-0.1, -0.05) is 30.3 Å². The van der Waals surface area contributed by atoms with E-state index in [0.717, 1.165) is 18.7 Å². The lowest BCUT2D eigenvalue weighted by molar-refractivity contribution is 0.00482. The molecule has 0 saturated heterocycles. The summed E-state index contributed by atoms with van der Waals surface area (Å²) in [7, 11) is 1.70. The minimum atomic E-state index is -0.505. The molecule has 0 saturated carbocycles. The summed E-state index contributed by atoms with van der Waals surface area (Å²) in [4.78, 5) is 2.20. The number of aliphatic hydroxyl groups excluding tert-OH is 1. The standard InChI is InChI=1S/C18H25NO3S/c1-21-9-8-19(11-17-7-10-23-15-17)12-18(20)14-22-13-16-5-3-2-4-6-16/h2-7,10,15,18,20H,8-9,11-14H2,1H3. The lowest BCUT2D eigenvalue weighted by atomic mass is 10.2. The van der Waals surface area contributed by atoms with E-state index in [1.54, 1.807) is 18.4 Å². The van der Waals surface area contributed by atoms with Gasteiger partial charge < -0.3 is 14.6 Å². The first-order chi connectivity index (χ1) is 11.3. The van der Waals surface area contributed by atoms with Gasteiger partial charge in [-0.05, 0) is 28.0 Å². The van der Waals surface area contributed by atoms with Crippen LogP contribution in [0.5, 0.6) is 0 Å². The zero-order valence-corrected chi connectivity index (χ0v) is 14.4. The highest BCUT2D eigenvalue weighted by atomic mass is 32.1. The predicted molar refractivity (Wildman–Crippen MR) is 93.6 cm³/mol. The van der Waals surface area contributed by atoms with Gasteiger partial charge in [-0.25, -0.2) is 0 Å². The van der Waals surface area contributed by atoms with Gasteiger partial charge in [0.15, 0.2) is 0 Å². The Hall–Kier alpha value is -1.24. The van der Waals surface area contributed by atoms with E-state index in [4.69, 9.17) is 9.47 Å². The lowest BCUT2D eigenvalue weighted by Crippen LogP contribution is -2.36. The molecule has 2 aromatic rings. The number of aliphatic hydroxyl groups is 1. The van der Waals surface area contributed by atoms with Crippen molar-refractivity contribution in [2.75, 3.05) is 33.4 Å². The number of rotatable bonds is 11. The average molecular weight is 335 g/mol. The normalized spacial score (nSPS) is 12.7. The summed E-state index contributed by atoms with van der Waals surface area (Å²) in [5, 5.41) is 14.4. The summed E-state index contributed by atoms with van der Waals surface area (Å²) >= 11 is 1.69. The van der Waals surface area contributed by atoms with Gasteiger partial charge in [0.2, 0.25) is 0 Å². The van der Waals surface area contributed by atoms with Gasteiger partial charge in [-0.15, -0.1) is 0 Å². The topological polar surface area (TPSA) is 41.9 Å². The fourth-order valence-corrected chi connectivity index (χ4v) is 2.99. The van der Waals surface area contributed by atoms with Gasteiger partial charge >= 0.3 is 0 Å². The molecule has 1 aromatic heterocycles. The van der Waals surface area contributed by atoms with E-state index < -0.39 is 6.10 Å². The van der Waals surface area contributed by atoms with Crippen LogP contribution in [0.1, 0.15) is 11.1 Å². The number of nitrogens with zero attached hydrogens (tertiary/aromatic N) is 1. The van der Waals surface area contributed by atoms with Crippen molar-refractivity contribution in [3.63, 3.8) is 0 Å². The molecule has 0 radical (unpaired) electrons. The van der Waals surface area contributed by atoms with E-state index in [9.17, 15) is 5.11 Å². The van der Waals surface area contributed by atoms with Crippen LogP contribution >= 0.6 is 11.3 Å². The number of thiophene rings is 1. The van der Waals surface area contributed by atoms with Crippen LogP contribution in [-0.4, -0.2) is 49.5 Å². The Labute approximate surface area is 142 Å². The van der Waals surface area contributed by atoms with Gasteiger partial charge in [-0.3, -0.25) is 4.90 Å². The van der Waals surface area contributed by atoms with Crippen LogP contribution in [0.15, 0.2) is 47.2 Å². The Kier molecular flexibility index (Phi) is 8.28. The van der Waals surface area contributed by atoms with E-state index in [2.05, 4.69) is 21.7 Å². The first kappa shape index (κ1) is 18.1. The molecule has 126 valence electrons. The van der Waals surface area contributed by atoms with Crippen LogP contribution < -0.4 is 0 Å².